The third kappa shape index (κ3) is 4.74. The SMILES string of the molecule is CCC(C)(NCCC(=O)NC(N)=O)C(=O)O. The van der Waals surface area contributed by atoms with Crippen LogP contribution in [-0.4, -0.2) is 35.1 Å². The van der Waals surface area contributed by atoms with Crippen molar-refractivity contribution >= 4 is 17.9 Å². The van der Waals surface area contributed by atoms with Gasteiger partial charge in [-0.1, -0.05) is 6.92 Å². The second-order valence-corrected chi connectivity index (χ2v) is 3.58. The maximum atomic E-state index is 11.0. The number of urea groups is 1. The molecular formula is C9H17N3O4. The van der Waals surface area contributed by atoms with Crippen LogP contribution < -0.4 is 16.4 Å². The highest BCUT2D eigenvalue weighted by atomic mass is 16.4. The normalized spacial score (nSPS) is 13.9. The Hall–Kier alpha value is -1.63. The Morgan fingerprint density at radius 2 is 1.94 bits per heavy atom. The van der Waals surface area contributed by atoms with Gasteiger partial charge in [-0.3, -0.25) is 14.9 Å². The van der Waals surface area contributed by atoms with Crippen LogP contribution in [0.5, 0.6) is 0 Å². The van der Waals surface area contributed by atoms with E-state index in [1.54, 1.807) is 6.92 Å². The second kappa shape index (κ2) is 6.06. The molecule has 0 aliphatic carbocycles. The van der Waals surface area contributed by atoms with Crippen molar-refractivity contribution < 1.29 is 19.5 Å². The van der Waals surface area contributed by atoms with E-state index >= 15 is 0 Å². The molecule has 92 valence electrons. The Kier molecular flexibility index (Phi) is 5.44. The highest BCUT2D eigenvalue weighted by Crippen LogP contribution is 2.08. The fourth-order valence-corrected chi connectivity index (χ4v) is 1.00. The van der Waals surface area contributed by atoms with E-state index < -0.39 is 23.4 Å². The molecule has 1 unspecified atom stereocenters. The standard InChI is InChI=1S/C9H17N3O4/c1-3-9(2,7(14)15)11-5-4-6(13)12-8(10)16/h11H,3-5H2,1-2H3,(H,14,15)(H3,10,12,13,16). The molecule has 0 fully saturated rings. The largest absolute Gasteiger partial charge is 0.480 e. The summed E-state index contributed by atoms with van der Waals surface area (Å²) in [5.41, 5.74) is 3.68. The van der Waals surface area contributed by atoms with Gasteiger partial charge in [0.15, 0.2) is 0 Å². The molecule has 0 rings (SSSR count). The molecule has 0 aromatic rings. The van der Waals surface area contributed by atoms with Crippen molar-refractivity contribution in [3.63, 3.8) is 0 Å². The van der Waals surface area contributed by atoms with Gasteiger partial charge in [-0.15, -0.1) is 0 Å². The van der Waals surface area contributed by atoms with Crippen LogP contribution in [0.3, 0.4) is 0 Å². The summed E-state index contributed by atoms with van der Waals surface area (Å²) in [6, 6.07) is -0.915. The van der Waals surface area contributed by atoms with E-state index in [4.69, 9.17) is 10.8 Å². The number of carboxylic acids is 1. The molecule has 0 spiro atoms. The Morgan fingerprint density at radius 1 is 1.38 bits per heavy atom. The van der Waals surface area contributed by atoms with Crippen LogP contribution in [0.2, 0.25) is 0 Å². The van der Waals surface area contributed by atoms with Crippen molar-refractivity contribution in [3.8, 4) is 0 Å². The van der Waals surface area contributed by atoms with Gasteiger partial charge in [0.1, 0.15) is 5.54 Å². The first-order chi connectivity index (χ1) is 7.31. The minimum absolute atomic E-state index is 0.00812. The Morgan fingerprint density at radius 3 is 2.31 bits per heavy atom. The molecule has 0 radical (unpaired) electrons. The van der Waals surface area contributed by atoms with Gasteiger partial charge in [-0.05, 0) is 13.3 Å². The summed E-state index contributed by atoms with van der Waals surface area (Å²) in [5, 5.41) is 13.5. The van der Waals surface area contributed by atoms with E-state index in [1.165, 1.54) is 6.92 Å². The molecule has 0 heterocycles. The van der Waals surface area contributed by atoms with Gasteiger partial charge in [0.2, 0.25) is 5.91 Å². The molecule has 5 N–H and O–H groups in total. The number of carbonyl (C=O) groups excluding carboxylic acids is 2. The predicted octanol–water partition coefficient (Wildman–Crippen LogP) is -0.586. The van der Waals surface area contributed by atoms with Gasteiger partial charge in [-0.25, -0.2) is 4.79 Å². The van der Waals surface area contributed by atoms with E-state index in [0.29, 0.717) is 6.42 Å². The molecule has 1 atom stereocenters. The number of hydrogen-bond acceptors (Lipinski definition) is 4. The minimum atomic E-state index is -1.06. The Labute approximate surface area is 93.4 Å². The number of aliphatic carboxylic acids is 1. The number of nitrogens with one attached hydrogen (secondary N) is 2. The van der Waals surface area contributed by atoms with Crippen LogP contribution in [0.4, 0.5) is 4.79 Å². The van der Waals surface area contributed by atoms with E-state index in [2.05, 4.69) is 5.32 Å². The van der Waals surface area contributed by atoms with Crippen molar-refractivity contribution in [1.82, 2.24) is 10.6 Å². The fraction of sp³-hybridized carbons (Fsp3) is 0.667. The number of nitrogens with two attached hydrogens (primary N) is 1. The average molecular weight is 231 g/mol. The van der Waals surface area contributed by atoms with Gasteiger partial charge >= 0.3 is 12.0 Å². The Balaban J connectivity index is 4.01. The third-order valence-electron chi connectivity index (χ3n) is 2.31. The summed E-state index contributed by atoms with van der Waals surface area (Å²) in [6.07, 6.45) is 0.381. The second-order valence-electron chi connectivity index (χ2n) is 3.58. The van der Waals surface area contributed by atoms with Crippen LogP contribution in [-0.2, 0) is 9.59 Å². The van der Waals surface area contributed by atoms with Gasteiger partial charge in [0.05, 0.1) is 0 Å². The Bertz CT molecular complexity index is 292. The lowest BCUT2D eigenvalue weighted by atomic mass is 9.99. The zero-order valence-corrected chi connectivity index (χ0v) is 9.37. The lowest BCUT2D eigenvalue weighted by molar-refractivity contribution is -0.144. The number of hydrogen-bond donors (Lipinski definition) is 4. The molecular weight excluding hydrogens is 214 g/mol. The molecule has 16 heavy (non-hydrogen) atoms. The zero-order chi connectivity index (χ0) is 12.8. The van der Waals surface area contributed by atoms with Crippen LogP contribution in [0.1, 0.15) is 26.7 Å². The van der Waals surface area contributed by atoms with Crippen LogP contribution in [0, 0.1) is 0 Å². The summed E-state index contributed by atoms with van der Waals surface area (Å²) in [6.45, 7) is 3.42. The van der Waals surface area contributed by atoms with Crippen LogP contribution in [0.25, 0.3) is 0 Å². The maximum Gasteiger partial charge on any atom is 0.323 e. The topological polar surface area (TPSA) is 122 Å². The van der Waals surface area contributed by atoms with E-state index in [0.717, 1.165) is 0 Å². The number of carboxylic acid groups (broad SMARTS) is 1. The maximum absolute atomic E-state index is 11.0. The van der Waals surface area contributed by atoms with Crippen molar-refractivity contribution in [2.24, 2.45) is 5.73 Å². The summed E-state index contributed by atoms with van der Waals surface area (Å²) >= 11 is 0. The van der Waals surface area contributed by atoms with Gasteiger partial charge in [0.25, 0.3) is 0 Å². The van der Waals surface area contributed by atoms with Crippen molar-refractivity contribution in [1.29, 1.82) is 0 Å². The van der Waals surface area contributed by atoms with E-state index in [1.807, 2.05) is 5.32 Å². The monoisotopic (exact) mass is 231 g/mol. The zero-order valence-electron chi connectivity index (χ0n) is 9.37. The molecule has 7 heteroatoms. The van der Waals surface area contributed by atoms with Gasteiger partial charge < -0.3 is 16.2 Å². The lowest BCUT2D eigenvalue weighted by Crippen LogP contribution is -2.50. The van der Waals surface area contributed by atoms with Crippen molar-refractivity contribution in [2.75, 3.05) is 6.54 Å². The van der Waals surface area contributed by atoms with Crippen LogP contribution in [0.15, 0.2) is 0 Å². The first-order valence-electron chi connectivity index (χ1n) is 4.89. The third-order valence-corrected chi connectivity index (χ3v) is 2.31. The molecule has 0 saturated carbocycles. The lowest BCUT2D eigenvalue weighted by Gasteiger charge is -2.24. The quantitative estimate of drug-likeness (QED) is 0.487. The predicted molar refractivity (Wildman–Crippen MR) is 56.7 cm³/mol. The first-order valence-corrected chi connectivity index (χ1v) is 4.89. The molecule has 0 bridgehead atoms. The molecule has 0 aliphatic heterocycles. The van der Waals surface area contributed by atoms with Gasteiger partial charge in [0, 0.05) is 13.0 Å². The van der Waals surface area contributed by atoms with Crippen molar-refractivity contribution in [3.05, 3.63) is 0 Å². The summed E-state index contributed by atoms with van der Waals surface area (Å²) in [5.74, 6) is -1.52. The minimum Gasteiger partial charge on any atom is -0.480 e. The molecule has 0 saturated heterocycles. The first kappa shape index (κ1) is 14.4. The molecule has 0 aliphatic rings. The number of rotatable bonds is 6. The van der Waals surface area contributed by atoms with E-state index in [-0.39, 0.29) is 13.0 Å². The average Bonchev–Trinajstić information content (AvgIpc) is 2.15. The van der Waals surface area contributed by atoms with Gasteiger partial charge in [-0.2, -0.15) is 0 Å². The number of imide groups is 1. The highest BCUT2D eigenvalue weighted by Gasteiger charge is 2.30. The van der Waals surface area contributed by atoms with E-state index in [9.17, 15) is 14.4 Å². The highest BCUT2D eigenvalue weighted by molar-refractivity contribution is 5.93. The molecule has 0 aromatic carbocycles. The fourth-order valence-electron chi connectivity index (χ4n) is 1.00. The van der Waals surface area contributed by atoms with Crippen LogP contribution >= 0.6 is 0 Å². The number of amides is 3. The van der Waals surface area contributed by atoms with Crippen molar-refractivity contribution in [2.45, 2.75) is 32.2 Å². The summed E-state index contributed by atoms with van der Waals surface area (Å²) < 4.78 is 0. The summed E-state index contributed by atoms with van der Waals surface area (Å²) in [4.78, 5) is 32.2. The molecule has 0 aromatic heterocycles. The molecule has 3 amide bonds. The summed E-state index contributed by atoms with van der Waals surface area (Å²) in [7, 11) is 0. The molecule has 7 nitrogen and oxygen atoms in total. The smallest absolute Gasteiger partial charge is 0.323 e. The number of primary amides is 1. The number of carbonyl (C=O) groups is 3.